The van der Waals surface area contributed by atoms with Gasteiger partial charge in [-0.2, -0.15) is 0 Å². The maximum Gasteiger partial charge on any atom is 0.119 e. The van der Waals surface area contributed by atoms with Crippen molar-refractivity contribution in [2.24, 2.45) is 0 Å². The molecule has 5 heteroatoms. The Bertz CT molecular complexity index is 2950. The average molecular weight is 839 g/mol. The third kappa shape index (κ3) is 7.23. The minimum Gasteiger partial charge on any atom is -0.501 e. The first-order chi connectivity index (χ1) is 31.5. The van der Waals surface area contributed by atoms with Gasteiger partial charge in [-0.15, -0.1) is 0 Å². The summed E-state index contributed by atoms with van der Waals surface area (Å²) in [5.41, 5.74) is 13.8. The maximum absolute atomic E-state index is 6.51. The second kappa shape index (κ2) is 17.0. The van der Waals surface area contributed by atoms with E-state index in [1.165, 1.54) is 72.3 Å². The number of benzene rings is 5. The molecule has 0 amide bonds. The van der Waals surface area contributed by atoms with Crippen LogP contribution in [-0.4, -0.2) is 30.9 Å². The summed E-state index contributed by atoms with van der Waals surface area (Å²) in [6, 6.07) is 44.2. The van der Waals surface area contributed by atoms with E-state index in [4.69, 9.17) is 14.2 Å². The van der Waals surface area contributed by atoms with E-state index in [-0.39, 0.29) is 5.41 Å². The number of hydrogen-bond donors (Lipinski definition) is 0. The molecule has 5 nitrogen and oxygen atoms in total. The number of anilines is 1. The van der Waals surface area contributed by atoms with Gasteiger partial charge >= 0.3 is 0 Å². The number of hydrogen-bond acceptors (Lipinski definition) is 4. The lowest BCUT2D eigenvalue weighted by atomic mass is 9.68. The summed E-state index contributed by atoms with van der Waals surface area (Å²) in [4.78, 5) is 2.56. The molecule has 0 spiro atoms. The molecule has 0 saturated heterocycles. The van der Waals surface area contributed by atoms with Gasteiger partial charge in [0.25, 0.3) is 0 Å². The molecule has 0 radical (unpaired) electrons. The SMILES string of the molecule is COC1=CC=C(C(C)(c2ccc(OCC3=CCCC(N4c5ccccc5C5C=CC=CC54)=C3)cc2)c2ccc(OCC3=CCCC(n4c5ccccc5c5ccccc54)=C3)cc2)CC1. The van der Waals surface area contributed by atoms with Crippen molar-refractivity contribution in [1.29, 1.82) is 0 Å². The summed E-state index contributed by atoms with van der Waals surface area (Å²) in [6.45, 7) is 3.40. The molecule has 1 aliphatic heterocycles. The Balaban J connectivity index is 0.800. The van der Waals surface area contributed by atoms with Crippen LogP contribution in [-0.2, 0) is 10.2 Å². The standard InChI is InChI=1S/C59H54N2O3/c1-59(43-25-31-48(62-2)32-26-43,44-27-33-49(34-28-44)63-39-41-13-11-15-46(37-41)60-55-21-7-3-17-51(55)52-18-4-8-22-56(52)60)45-29-35-50(36-30-45)64-40-42-14-12-16-47(38-42)61-57-23-9-5-19-53(57)54-20-6-10-24-58(54)61/h3-10,13-14,17-25,27-31,33-38,51,55H,11-12,15-16,26,32,39-40H2,1-2H3. The largest absolute Gasteiger partial charge is 0.501 e. The molecular formula is C59H54N2O3. The van der Waals surface area contributed by atoms with Gasteiger partial charge in [0.1, 0.15) is 24.7 Å². The number of ether oxygens (including phenoxy) is 3. The predicted molar refractivity (Wildman–Crippen MR) is 263 cm³/mol. The zero-order chi connectivity index (χ0) is 43.0. The Morgan fingerprint density at radius 2 is 1.17 bits per heavy atom. The van der Waals surface area contributed by atoms with Gasteiger partial charge in [-0.3, -0.25) is 0 Å². The van der Waals surface area contributed by atoms with E-state index in [1.54, 1.807) is 7.11 Å². The quantitative estimate of drug-likeness (QED) is 0.123. The first-order valence-corrected chi connectivity index (χ1v) is 23.0. The van der Waals surface area contributed by atoms with E-state index in [1.807, 2.05) is 0 Å². The van der Waals surface area contributed by atoms with Crippen LogP contribution in [0.15, 0.2) is 210 Å². The van der Waals surface area contributed by atoms with Gasteiger partial charge in [0.15, 0.2) is 0 Å². The number of methoxy groups -OCH3 is 1. The van der Waals surface area contributed by atoms with Crippen LogP contribution < -0.4 is 14.4 Å². The molecule has 4 aliphatic carbocycles. The van der Waals surface area contributed by atoms with Crippen molar-refractivity contribution >= 4 is 33.2 Å². The monoisotopic (exact) mass is 838 g/mol. The summed E-state index contributed by atoms with van der Waals surface area (Å²) in [5, 5.41) is 2.58. The van der Waals surface area contributed by atoms with Crippen molar-refractivity contribution in [1.82, 2.24) is 4.57 Å². The number of fused-ring (bicyclic) bond motifs is 6. The van der Waals surface area contributed by atoms with Crippen LogP contribution in [0, 0.1) is 0 Å². The Kier molecular flexibility index (Phi) is 10.6. The van der Waals surface area contributed by atoms with E-state index < -0.39 is 0 Å². The summed E-state index contributed by atoms with van der Waals surface area (Å²) in [6.07, 6.45) is 28.6. The molecule has 3 atom stereocenters. The highest BCUT2D eigenvalue weighted by Gasteiger charge is 2.38. The molecular weight excluding hydrogens is 785 g/mol. The van der Waals surface area contributed by atoms with Crippen molar-refractivity contribution in [2.45, 2.75) is 62.8 Å². The summed E-state index contributed by atoms with van der Waals surface area (Å²) in [7, 11) is 1.76. The molecule has 1 aromatic heterocycles. The first kappa shape index (κ1) is 39.8. The minimum atomic E-state index is -0.366. The zero-order valence-corrected chi connectivity index (χ0v) is 36.8. The Hall–Kier alpha value is -6.98. The van der Waals surface area contributed by atoms with E-state index in [0.29, 0.717) is 25.2 Å². The zero-order valence-electron chi connectivity index (χ0n) is 36.8. The van der Waals surface area contributed by atoms with E-state index in [9.17, 15) is 0 Å². The molecule has 2 heterocycles. The molecule has 11 rings (SSSR count). The molecule has 64 heavy (non-hydrogen) atoms. The second-order valence-corrected chi connectivity index (χ2v) is 17.8. The van der Waals surface area contributed by atoms with Crippen LogP contribution in [0.1, 0.15) is 68.1 Å². The van der Waals surface area contributed by atoms with Gasteiger partial charge in [0, 0.05) is 45.6 Å². The van der Waals surface area contributed by atoms with E-state index in [0.717, 1.165) is 55.8 Å². The minimum absolute atomic E-state index is 0.319. The number of allylic oxidation sites excluding steroid dienone is 10. The van der Waals surface area contributed by atoms with Crippen molar-refractivity contribution in [3.63, 3.8) is 0 Å². The topological polar surface area (TPSA) is 35.9 Å². The van der Waals surface area contributed by atoms with Gasteiger partial charge < -0.3 is 23.7 Å². The number of aromatic nitrogens is 1. The van der Waals surface area contributed by atoms with Crippen molar-refractivity contribution < 1.29 is 14.2 Å². The smallest absolute Gasteiger partial charge is 0.119 e. The lowest BCUT2D eigenvalue weighted by Gasteiger charge is -2.35. The maximum atomic E-state index is 6.51. The van der Waals surface area contributed by atoms with Crippen LogP contribution in [0.5, 0.6) is 11.5 Å². The number of nitrogens with zero attached hydrogens (tertiary/aromatic N) is 2. The Morgan fingerprint density at radius 3 is 1.80 bits per heavy atom. The molecule has 0 bridgehead atoms. The van der Waals surface area contributed by atoms with E-state index >= 15 is 0 Å². The molecule has 6 aromatic rings. The van der Waals surface area contributed by atoms with Crippen LogP contribution in [0.3, 0.4) is 0 Å². The molecule has 5 aromatic carbocycles. The molecule has 0 saturated carbocycles. The van der Waals surface area contributed by atoms with Crippen molar-refractivity contribution in [3.8, 4) is 11.5 Å². The third-order valence-corrected chi connectivity index (χ3v) is 14.1. The highest BCUT2D eigenvalue weighted by atomic mass is 16.5. The lowest BCUT2D eigenvalue weighted by Crippen LogP contribution is -2.32. The highest BCUT2D eigenvalue weighted by molar-refractivity contribution is 6.10. The number of para-hydroxylation sites is 3. The Labute approximate surface area is 377 Å². The highest BCUT2D eigenvalue weighted by Crippen LogP contribution is 2.47. The molecule has 0 N–H and O–H groups in total. The normalized spacial score (nSPS) is 20.0. The summed E-state index contributed by atoms with van der Waals surface area (Å²) >= 11 is 0. The first-order valence-electron chi connectivity index (χ1n) is 23.0. The van der Waals surface area contributed by atoms with Crippen LogP contribution in [0.4, 0.5) is 5.69 Å². The van der Waals surface area contributed by atoms with Crippen LogP contribution in [0.25, 0.3) is 27.5 Å². The van der Waals surface area contributed by atoms with Gasteiger partial charge in [-0.1, -0.05) is 127 Å². The number of rotatable bonds is 12. The molecule has 0 fully saturated rings. The molecule has 3 unspecified atom stereocenters. The lowest BCUT2D eigenvalue weighted by molar-refractivity contribution is 0.274. The van der Waals surface area contributed by atoms with Crippen LogP contribution in [0.2, 0.25) is 0 Å². The van der Waals surface area contributed by atoms with Crippen molar-refractivity contribution in [3.05, 3.63) is 227 Å². The fraction of sp³-hybridized carbons (Fsp3) is 0.220. The third-order valence-electron chi connectivity index (χ3n) is 14.1. The van der Waals surface area contributed by atoms with Gasteiger partial charge in [-0.25, -0.2) is 0 Å². The van der Waals surface area contributed by atoms with Gasteiger partial charge in [-0.05, 0) is 128 Å². The fourth-order valence-corrected chi connectivity index (χ4v) is 10.8. The van der Waals surface area contributed by atoms with E-state index in [2.05, 4.69) is 198 Å². The summed E-state index contributed by atoms with van der Waals surface area (Å²) < 4.78 is 21.1. The van der Waals surface area contributed by atoms with Gasteiger partial charge in [0.2, 0.25) is 0 Å². The predicted octanol–water partition coefficient (Wildman–Crippen LogP) is 14.1. The Morgan fingerprint density at radius 1 is 0.594 bits per heavy atom. The molecule has 5 aliphatic rings. The molecule has 318 valence electrons. The second-order valence-electron chi connectivity index (χ2n) is 17.8. The van der Waals surface area contributed by atoms with Crippen LogP contribution >= 0.6 is 0 Å². The fourth-order valence-electron chi connectivity index (χ4n) is 10.8. The van der Waals surface area contributed by atoms with Crippen molar-refractivity contribution in [2.75, 3.05) is 25.2 Å². The average Bonchev–Trinajstić information content (AvgIpc) is 3.89. The summed E-state index contributed by atoms with van der Waals surface area (Å²) in [5.74, 6) is 3.14. The van der Waals surface area contributed by atoms with Gasteiger partial charge in [0.05, 0.1) is 29.9 Å².